The summed E-state index contributed by atoms with van der Waals surface area (Å²) < 4.78 is 5.22. The maximum absolute atomic E-state index is 12.0. The van der Waals surface area contributed by atoms with Crippen molar-refractivity contribution in [1.82, 2.24) is 4.98 Å². The van der Waals surface area contributed by atoms with Crippen LogP contribution in [0.2, 0.25) is 0 Å². The molecule has 0 saturated carbocycles. The van der Waals surface area contributed by atoms with E-state index in [0.29, 0.717) is 12.0 Å². The second kappa shape index (κ2) is 7.24. The third kappa shape index (κ3) is 4.07. The second-order valence-corrected chi connectivity index (χ2v) is 6.34. The number of carbonyl (C=O) groups excluding carboxylic acids is 1. The molecular weight excluding hydrogens is 310 g/mol. The van der Waals surface area contributed by atoms with Crippen LogP contribution in [0, 0.1) is 0 Å². The summed E-state index contributed by atoms with van der Waals surface area (Å²) >= 11 is 1.69. The van der Waals surface area contributed by atoms with Crippen LogP contribution >= 0.6 is 11.3 Å². The van der Waals surface area contributed by atoms with E-state index in [0.717, 1.165) is 23.7 Å². The van der Waals surface area contributed by atoms with Gasteiger partial charge in [0.1, 0.15) is 6.61 Å². The molecule has 0 radical (unpaired) electrons. The van der Waals surface area contributed by atoms with E-state index >= 15 is 0 Å². The van der Waals surface area contributed by atoms with Crippen molar-refractivity contribution in [3.63, 3.8) is 0 Å². The van der Waals surface area contributed by atoms with Gasteiger partial charge < -0.3 is 9.72 Å². The Morgan fingerprint density at radius 2 is 2.04 bits per heavy atom. The molecule has 0 saturated heterocycles. The van der Waals surface area contributed by atoms with E-state index in [1.807, 2.05) is 35.7 Å². The van der Waals surface area contributed by atoms with Crippen molar-refractivity contribution in [3.8, 4) is 0 Å². The zero-order valence-electron chi connectivity index (χ0n) is 12.6. The molecule has 0 aliphatic carbocycles. The van der Waals surface area contributed by atoms with Crippen LogP contribution in [0.15, 0.2) is 52.6 Å². The van der Waals surface area contributed by atoms with Gasteiger partial charge in [-0.1, -0.05) is 24.3 Å². The lowest BCUT2D eigenvalue weighted by Gasteiger charge is -2.05. The van der Waals surface area contributed by atoms with E-state index in [2.05, 4.69) is 11.1 Å². The van der Waals surface area contributed by atoms with Crippen molar-refractivity contribution in [2.24, 2.45) is 0 Å². The predicted molar refractivity (Wildman–Crippen MR) is 91.6 cm³/mol. The van der Waals surface area contributed by atoms with Crippen LogP contribution in [-0.2, 0) is 22.6 Å². The van der Waals surface area contributed by atoms with Gasteiger partial charge in [0, 0.05) is 16.8 Å². The molecule has 0 fully saturated rings. The standard InChI is InChI=1S/C18H17NO3S/c20-17(9-3-6-15-7-4-10-23-15)22-12-14-11-13-5-1-2-8-16(13)19-18(14)21/h1-2,4-5,7-8,10-11H,3,6,9,12H2,(H,19,21). The number of para-hydroxylation sites is 1. The van der Waals surface area contributed by atoms with Crippen LogP contribution in [0.5, 0.6) is 0 Å². The van der Waals surface area contributed by atoms with E-state index in [1.165, 1.54) is 4.88 Å². The molecule has 0 spiro atoms. The highest BCUT2D eigenvalue weighted by Gasteiger charge is 2.07. The zero-order chi connectivity index (χ0) is 16.1. The van der Waals surface area contributed by atoms with Gasteiger partial charge in [0.15, 0.2) is 0 Å². The molecule has 0 unspecified atom stereocenters. The number of hydrogen-bond donors (Lipinski definition) is 1. The Morgan fingerprint density at radius 1 is 1.17 bits per heavy atom. The monoisotopic (exact) mass is 327 g/mol. The van der Waals surface area contributed by atoms with Gasteiger partial charge in [0.25, 0.3) is 5.56 Å². The molecule has 0 aliphatic heterocycles. The Balaban J connectivity index is 1.54. The number of thiophene rings is 1. The molecule has 118 valence electrons. The summed E-state index contributed by atoms with van der Waals surface area (Å²) in [6, 6.07) is 13.4. The molecule has 3 rings (SSSR count). The predicted octanol–water partition coefficient (Wildman–Crippen LogP) is 3.66. The number of ether oxygens (including phenoxy) is 1. The number of benzene rings is 1. The number of carbonyl (C=O) groups is 1. The van der Waals surface area contributed by atoms with Crippen LogP contribution in [0.4, 0.5) is 0 Å². The van der Waals surface area contributed by atoms with Crippen LogP contribution in [-0.4, -0.2) is 11.0 Å². The fraction of sp³-hybridized carbons (Fsp3) is 0.222. The van der Waals surface area contributed by atoms with Gasteiger partial charge in [-0.05, 0) is 41.8 Å². The number of H-pyrrole nitrogens is 1. The van der Waals surface area contributed by atoms with Crippen LogP contribution in [0.3, 0.4) is 0 Å². The molecule has 23 heavy (non-hydrogen) atoms. The number of rotatable bonds is 6. The summed E-state index contributed by atoms with van der Waals surface area (Å²) in [5.41, 5.74) is 1.04. The van der Waals surface area contributed by atoms with Gasteiger partial charge in [-0.3, -0.25) is 9.59 Å². The van der Waals surface area contributed by atoms with Crippen molar-refractivity contribution < 1.29 is 9.53 Å². The van der Waals surface area contributed by atoms with Crippen LogP contribution in [0.25, 0.3) is 10.9 Å². The number of hydrogen-bond acceptors (Lipinski definition) is 4. The maximum atomic E-state index is 12.0. The Kier molecular flexibility index (Phi) is 4.88. The first-order valence-corrected chi connectivity index (χ1v) is 8.39. The zero-order valence-corrected chi connectivity index (χ0v) is 13.4. The normalized spacial score (nSPS) is 10.8. The minimum absolute atomic E-state index is 0.0119. The number of fused-ring (bicyclic) bond motifs is 1. The Bertz CT molecular complexity index is 852. The van der Waals surface area contributed by atoms with Crippen molar-refractivity contribution in [2.45, 2.75) is 25.9 Å². The SMILES string of the molecule is O=C(CCCc1cccs1)OCc1cc2ccccc2[nH]c1=O. The fourth-order valence-electron chi connectivity index (χ4n) is 2.39. The molecular formula is C18H17NO3S. The van der Waals surface area contributed by atoms with E-state index in [1.54, 1.807) is 17.4 Å². The lowest BCUT2D eigenvalue weighted by Crippen LogP contribution is -2.15. The molecule has 2 heterocycles. The summed E-state index contributed by atoms with van der Waals surface area (Å²) in [7, 11) is 0. The fourth-order valence-corrected chi connectivity index (χ4v) is 3.14. The van der Waals surface area contributed by atoms with Gasteiger partial charge >= 0.3 is 5.97 Å². The summed E-state index contributed by atoms with van der Waals surface area (Å²) in [6.07, 6.45) is 2.00. The average molecular weight is 327 g/mol. The highest BCUT2D eigenvalue weighted by atomic mass is 32.1. The number of aromatic nitrogens is 1. The minimum Gasteiger partial charge on any atom is -0.461 e. The van der Waals surface area contributed by atoms with Gasteiger partial charge in [0.05, 0.1) is 5.56 Å². The lowest BCUT2D eigenvalue weighted by molar-refractivity contribution is -0.145. The molecule has 2 aromatic heterocycles. The van der Waals surface area contributed by atoms with E-state index in [4.69, 9.17) is 4.74 Å². The number of pyridine rings is 1. The first kappa shape index (κ1) is 15.5. The van der Waals surface area contributed by atoms with E-state index in [-0.39, 0.29) is 18.1 Å². The Labute approximate surface area is 137 Å². The maximum Gasteiger partial charge on any atom is 0.306 e. The molecule has 0 atom stereocenters. The molecule has 0 aliphatic rings. The average Bonchev–Trinajstić information content (AvgIpc) is 3.06. The first-order chi connectivity index (χ1) is 11.2. The highest BCUT2D eigenvalue weighted by Crippen LogP contribution is 2.13. The van der Waals surface area contributed by atoms with Crippen LogP contribution in [0.1, 0.15) is 23.3 Å². The third-order valence-electron chi connectivity index (χ3n) is 3.60. The van der Waals surface area contributed by atoms with Gasteiger partial charge in [-0.25, -0.2) is 0 Å². The molecule has 4 nitrogen and oxygen atoms in total. The quantitative estimate of drug-likeness (QED) is 0.703. The molecule has 0 amide bonds. The molecule has 1 aromatic carbocycles. The summed E-state index contributed by atoms with van der Waals surface area (Å²) in [5.74, 6) is -0.269. The van der Waals surface area contributed by atoms with Gasteiger partial charge in [-0.15, -0.1) is 11.3 Å². The van der Waals surface area contributed by atoms with E-state index < -0.39 is 0 Å². The number of esters is 1. The van der Waals surface area contributed by atoms with E-state index in [9.17, 15) is 9.59 Å². The summed E-state index contributed by atoms with van der Waals surface area (Å²) in [6.45, 7) is 0.0119. The van der Waals surface area contributed by atoms with Crippen molar-refractivity contribution >= 4 is 28.2 Å². The largest absolute Gasteiger partial charge is 0.461 e. The molecule has 0 bridgehead atoms. The van der Waals surface area contributed by atoms with Gasteiger partial charge in [0.2, 0.25) is 0 Å². The molecule has 5 heteroatoms. The summed E-state index contributed by atoms with van der Waals surface area (Å²) in [4.78, 5) is 27.8. The minimum atomic E-state index is -0.269. The Hall–Kier alpha value is -2.40. The number of nitrogens with one attached hydrogen (secondary N) is 1. The van der Waals surface area contributed by atoms with Crippen molar-refractivity contribution in [2.75, 3.05) is 0 Å². The number of aromatic amines is 1. The topological polar surface area (TPSA) is 59.2 Å². The van der Waals surface area contributed by atoms with Crippen molar-refractivity contribution in [3.05, 3.63) is 68.6 Å². The highest BCUT2D eigenvalue weighted by molar-refractivity contribution is 7.09. The molecule has 3 aromatic rings. The number of aryl methyl sites for hydroxylation is 1. The lowest BCUT2D eigenvalue weighted by atomic mass is 10.1. The smallest absolute Gasteiger partial charge is 0.306 e. The summed E-state index contributed by atoms with van der Waals surface area (Å²) in [5, 5.41) is 2.95. The molecule has 1 N–H and O–H groups in total. The Morgan fingerprint density at radius 3 is 2.87 bits per heavy atom. The first-order valence-electron chi connectivity index (χ1n) is 7.51. The second-order valence-electron chi connectivity index (χ2n) is 5.30. The van der Waals surface area contributed by atoms with Crippen molar-refractivity contribution in [1.29, 1.82) is 0 Å². The van der Waals surface area contributed by atoms with Gasteiger partial charge in [-0.2, -0.15) is 0 Å². The van der Waals surface area contributed by atoms with Crippen LogP contribution < -0.4 is 5.56 Å². The third-order valence-corrected chi connectivity index (χ3v) is 4.54.